The number of carbonyl (C=O) groups excluding carboxylic acids is 3. The highest BCUT2D eigenvalue weighted by Gasteiger charge is 2.10. The van der Waals surface area contributed by atoms with E-state index in [4.69, 9.17) is 11.6 Å². The number of benzene rings is 1. The molecule has 8 heteroatoms. The number of amides is 4. The first-order valence-electron chi connectivity index (χ1n) is 6.31. The van der Waals surface area contributed by atoms with Crippen molar-refractivity contribution in [2.75, 3.05) is 25.5 Å². The first kappa shape index (κ1) is 16.8. The molecule has 0 aliphatic carbocycles. The molecule has 4 N–H and O–H groups in total. The molecule has 1 rings (SSSR count). The molecule has 0 unspecified atom stereocenters. The zero-order chi connectivity index (χ0) is 15.8. The Morgan fingerprint density at radius 2 is 1.95 bits per heavy atom. The maximum Gasteiger partial charge on any atom is 0.321 e. The van der Waals surface area contributed by atoms with Crippen LogP contribution in [0.15, 0.2) is 18.2 Å². The Hall–Kier alpha value is -2.28. The second-order valence-electron chi connectivity index (χ2n) is 4.03. The summed E-state index contributed by atoms with van der Waals surface area (Å²) in [6, 6.07) is 4.09. The highest BCUT2D eigenvalue weighted by Crippen LogP contribution is 2.22. The summed E-state index contributed by atoms with van der Waals surface area (Å²) in [5.41, 5.74) is 0.845. The van der Waals surface area contributed by atoms with Gasteiger partial charge in [0.25, 0.3) is 5.91 Å². The van der Waals surface area contributed by atoms with E-state index >= 15 is 0 Å². The van der Waals surface area contributed by atoms with E-state index in [0.717, 1.165) is 0 Å². The molecule has 4 amide bonds. The number of hydrogen-bond donors (Lipinski definition) is 4. The van der Waals surface area contributed by atoms with Crippen LogP contribution in [-0.2, 0) is 4.79 Å². The van der Waals surface area contributed by atoms with Crippen LogP contribution in [0.1, 0.15) is 17.3 Å². The summed E-state index contributed by atoms with van der Waals surface area (Å²) in [6.45, 7) is 2.02. The Labute approximate surface area is 127 Å². The average molecular weight is 313 g/mol. The summed E-state index contributed by atoms with van der Waals surface area (Å²) in [4.78, 5) is 34.2. The minimum absolute atomic E-state index is 0.145. The van der Waals surface area contributed by atoms with E-state index in [1.54, 1.807) is 19.1 Å². The summed E-state index contributed by atoms with van der Waals surface area (Å²) in [6.07, 6.45) is 0. The molecule has 0 saturated carbocycles. The smallest absolute Gasteiger partial charge is 0.321 e. The van der Waals surface area contributed by atoms with Crippen LogP contribution in [0.4, 0.5) is 10.5 Å². The summed E-state index contributed by atoms with van der Waals surface area (Å²) in [5, 5.41) is 10.2. The van der Waals surface area contributed by atoms with Crippen LogP contribution < -0.4 is 21.3 Å². The Bertz CT molecular complexity index is 548. The van der Waals surface area contributed by atoms with Crippen LogP contribution in [0.5, 0.6) is 0 Å². The van der Waals surface area contributed by atoms with E-state index in [1.165, 1.54) is 13.1 Å². The molecule has 0 aromatic heterocycles. The predicted molar refractivity (Wildman–Crippen MR) is 80.5 cm³/mol. The van der Waals surface area contributed by atoms with Gasteiger partial charge in [-0.05, 0) is 25.1 Å². The number of rotatable bonds is 5. The number of carbonyl (C=O) groups is 3. The zero-order valence-corrected chi connectivity index (χ0v) is 12.5. The molecule has 7 nitrogen and oxygen atoms in total. The molecule has 0 spiro atoms. The van der Waals surface area contributed by atoms with Gasteiger partial charge in [-0.25, -0.2) is 4.79 Å². The summed E-state index contributed by atoms with van der Waals surface area (Å²) < 4.78 is 0. The molecule has 0 bridgehead atoms. The van der Waals surface area contributed by atoms with Crippen molar-refractivity contribution in [3.05, 3.63) is 28.8 Å². The summed E-state index contributed by atoms with van der Waals surface area (Å²) in [7, 11) is 1.52. The van der Waals surface area contributed by atoms with Gasteiger partial charge in [-0.1, -0.05) is 11.6 Å². The number of imide groups is 1. The highest BCUT2D eigenvalue weighted by molar-refractivity contribution is 6.33. The van der Waals surface area contributed by atoms with Gasteiger partial charge in [-0.3, -0.25) is 14.9 Å². The number of halogens is 1. The fourth-order valence-corrected chi connectivity index (χ4v) is 1.68. The van der Waals surface area contributed by atoms with Crippen LogP contribution >= 0.6 is 11.6 Å². The van der Waals surface area contributed by atoms with Crippen molar-refractivity contribution in [2.24, 2.45) is 0 Å². The van der Waals surface area contributed by atoms with E-state index in [1.807, 2.05) is 0 Å². The van der Waals surface area contributed by atoms with Gasteiger partial charge in [-0.15, -0.1) is 0 Å². The molecule has 1 aromatic rings. The second kappa shape index (κ2) is 8.11. The van der Waals surface area contributed by atoms with E-state index < -0.39 is 11.9 Å². The Kier molecular flexibility index (Phi) is 6.48. The number of nitrogens with one attached hydrogen (secondary N) is 4. The molecule has 0 atom stereocenters. The van der Waals surface area contributed by atoms with Gasteiger partial charge < -0.3 is 16.0 Å². The first-order chi connectivity index (χ1) is 9.97. The molecule has 0 fully saturated rings. The lowest BCUT2D eigenvalue weighted by Gasteiger charge is -2.10. The first-order valence-corrected chi connectivity index (χ1v) is 6.69. The quantitative estimate of drug-likeness (QED) is 0.650. The molecule has 21 heavy (non-hydrogen) atoms. The predicted octanol–water partition coefficient (Wildman–Crippen LogP) is 0.957. The molecule has 0 heterocycles. The van der Waals surface area contributed by atoms with Gasteiger partial charge in [0, 0.05) is 19.2 Å². The Balaban J connectivity index is 2.64. The minimum atomic E-state index is -0.561. The fourth-order valence-electron chi connectivity index (χ4n) is 1.50. The normalized spacial score (nSPS) is 9.67. The van der Waals surface area contributed by atoms with Crippen molar-refractivity contribution in [3.63, 3.8) is 0 Å². The summed E-state index contributed by atoms with van der Waals surface area (Å²) in [5.74, 6) is -0.774. The van der Waals surface area contributed by atoms with Crippen LogP contribution in [0.2, 0.25) is 5.02 Å². The maximum atomic E-state index is 11.5. The molecular formula is C13H17ClN4O3. The van der Waals surface area contributed by atoms with Gasteiger partial charge in [0.1, 0.15) is 0 Å². The van der Waals surface area contributed by atoms with Crippen molar-refractivity contribution in [1.82, 2.24) is 16.0 Å². The van der Waals surface area contributed by atoms with Crippen molar-refractivity contribution >= 4 is 35.1 Å². The lowest BCUT2D eigenvalue weighted by molar-refractivity contribution is -0.118. The van der Waals surface area contributed by atoms with Gasteiger partial charge in [0.05, 0.1) is 17.3 Å². The van der Waals surface area contributed by atoms with Gasteiger partial charge in [0.15, 0.2) is 0 Å². The fraction of sp³-hybridized carbons (Fsp3) is 0.308. The molecule has 1 aromatic carbocycles. The number of anilines is 1. The average Bonchev–Trinajstić information content (AvgIpc) is 2.45. The van der Waals surface area contributed by atoms with E-state index in [-0.39, 0.29) is 12.5 Å². The molecule has 0 radical (unpaired) electrons. The Morgan fingerprint density at radius 3 is 2.57 bits per heavy atom. The van der Waals surface area contributed by atoms with Crippen molar-refractivity contribution < 1.29 is 14.4 Å². The molecule has 0 aliphatic rings. The monoisotopic (exact) mass is 312 g/mol. The van der Waals surface area contributed by atoms with Crippen molar-refractivity contribution in [3.8, 4) is 0 Å². The Morgan fingerprint density at radius 1 is 1.24 bits per heavy atom. The maximum absolute atomic E-state index is 11.5. The third-order valence-corrected chi connectivity index (χ3v) is 2.81. The van der Waals surface area contributed by atoms with Crippen molar-refractivity contribution in [2.45, 2.75) is 6.92 Å². The van der Waals surface area contributed by atoms with Crippen LogP contribution in [0.25, 0.3) is 0 Å². The van der Waals surface area contributed by atoms with Gasteiger partial charge in [0.2, 0.25) is 5.91 Å². The lowest BCUT2D eigenvalue weighted by Crippen LogP contribution is -2.41. The topological polar surface area (TPSA) is 99.3 Å². The van der Waals surface area contributed by atoms with Gasteiger partial charge >= 0.3 is 6.03 Å². The lowest BCUT2D eigenvalue weighted by atomic mass is 10.2. The summed E-state index contributed by atoms with van der Waals surface area (Å²) >= 11 is 5.98. The van der Waals surface area contributed by atoms with Crippen LogP contribution in [-0.4, -0.2) is 38.0 Å². The van der Waals surface area contributed by atoms with Crippen LogP contribution in [0, 0.1) is 0 Å². The number of hydrogen-bond acceptors (Lipinski definition) is 4. The standard InChI is InChI=1S/C13H17ClN4O3/c1-3-16-13(21)18-11(19)7-17-10-6-8(12(20)15-2)4-5-9(10)14/h4-6,17H,3,7H2,1-2H3,(H,15,20)(H2,16,18,19,21). The number of urea groups is 1. The van der Waals surface area contributed by atoms with E-state index in [0.29, 0.717) is 22.8 Å². The molecule has 0 aliphatic heterocycles. The molecular weight excluding hydrogens is 296 g/mol. The largest absolute Gasteiger partial charge is 0.375 e. The molecule has 0 saturated heterocycles. The third-order valence-electron chi connectivity index (χ3n) is 2.49. The van der Waals surface area contributed by atoms with E-state index in [2.05, 4.69) is 21.3 Å². The van der Waals surface area contributed by atoms with E-state index in [9.17, 15) is 14.4 Å². The van der Waals surface area contributed by atoms with Crippen LogP contribution in [0.3, 0.4) is 0 Å². The second-order valence-corrected chi connectivity index (χ2v) is 4.44. The SMILES string of the molecule is CCNC(=O)NC(=O)CNc1cc(C(=O)NC)ccc1Cl. The van der Waals surface area contributed by atoms with Crippen molar-refractivity contribution in [1.29, 1.82) is 0 Å². The molecule has 114 valence electrons. The third kappa shape index (κ3) is 5.31. The zero-order valence-electron chi connectivity index (χ0n) is 11.7. The highest BCUT2D eigenvalue weighted by atomic mass is 35.5. The van der Waals surface area contributed by atoms with Gasteiger partial charge in [-0.2, -0.15) is 0 Å². The minimum Gasteiger partial charge on any atom is -0.375 e.